The number of hydrogen-bond donors (Lipinski definition) is 0. The van der Waals surface area contributed by atoms with E-state index in [9.17, 15) is 19.2 Å². The minimum absolute atomic E-state index is 0.00851. The molecule has 0 N–H and O–H groups in total. The molecule has 6 atom stereocenters. The molecule has 2 saturated heterocycles. The summed E-state index contributed by atoms with van der Waals surface area (Å²) in [5.74, 6) is -3.84. The van der Waals surface area contributed by atoms with E-state index >= 15 is 0 Å². The Morgan fingerprint density at radius 1 is 1.23 bits per heavy atom. The molecule has 9 heteroatoms. The first-order chi connectivity index (χ1) is 14.5. The highest BCUT2D eigenvalue weighted by molar-refractivity contribution is 5.93. The van der Waals surface area contributed by atoms with E-state index in [1.807, 2.05) is 6.92 Å². The second-order valence-corrected chi connectivity index (χ2v) is 8.14. The number of hydrogen-bond acceptors (Lipinski definition) is 9. The average Bonchev–Trinajstić information content (AvgIpc) is 3.28. The maximum Gasteiger partial charge on any atom is 0.337 e. The van der Waals surface area contributed by atoms with E-state index < -0.39 is 59.8 Å². The van der Waals surface area contributed by atoms with E-state index in [-0.39, 0.29) is 16.7 Å². The number of fused-ring (bicyclic) bond motifs is 3. The lowest BCUT2D eigenvalue weighted by atomic mass is 9.80. The maximum absolute atomic E-state index is 12.6. The van der Waals surface area contributed by atoms with Crippen LogP contribution in [0.4, 0.5) is 0 Å². The lowest BCUT2D eigenvalue weighted by Gasteiger charge is -2.33. The van der Waals surface area contributed by atoms with Crippen LogP contribution < -0.4 is 0 Å². The van der Waals surface area contributed by atoms with Crippen LogP contribution in [0.2, 0.25) is 0 Å². The van der Waals surface area contributed by atoms with Gasteiger partial charge in [0.25, 0.3) is 0 Å². The van der Waals surface area contributed by atoms with Crippen molar-refractivity contribution in [3.63, 3.8) is 0 Å². The predicted molar refractivity (Wildman–Crippen MR) is 105 cm³/mol. The molecule has 0 aromatic carbocycles. The van der Waals surface area contributed by atoms with Gasteiger partial charge in [0.2, 0.25) is 0 Å². The Bertz CT molecular complexity index is 885. The molecule has 9 nitrogen and oxygen atoms in total. The van der Waals surface area contributed by atoms with Crippen LogP contribution in [0, 0.1) is 5.92 Å². The lowest BCUT2D eigenvalue weighted by Crippen LogP contribution is -2.48. The summed E-state index contributed by atoms with van der Waals surface area (Å²) in [5, 5.41) is 0. The van der Waals surface area contributed by atoms with Crippen molar-refractivity contribution in [2.75, 3.05) is 7.11 Å². The minimum atomic E-state index is -1.35. The number of methoxy groups -OCH3 is 1. The van der Waals surface area contributed by atoms with Crippen molar-refractivity contribution in [3.05, 3.63) is 36.0 Å². The van der Waals surface area contributed by atoms with Crippen molar-refractivity contribution in [1.29, 1.82) is 0 Å². The molecule has 0 saturated carbocycles. The van der Waals surface area contributed by atoms with Gasteiger partial charge in [-0.15, -0.1) is 0 Å². The van der Waals surface area contributed by atoms with Crippen LogP contribution in [0.1, 0.15) is 33.6 Å². The maximum atomic E-state index is 12.6. The highest BCUT2D eigenvalue weighted by Crippen LogP contribution is 2.50. The van der Waals surface area contributed by atoms with Crippen LogP contribution in [0.5, 0.6) is 0 Å². The van der Waals surface area contributed by atoms with Gasteiger partial charge in [-0.25, -0.2) is 14.4 Å². The van der Waals surface area contributed by atoms with Crippen LogP contribution in [0.15, 0.2) is 36.0 Å². The smallest absolute Gasteiger partial charge is 0.337 e. The first kappa shape index (κ1) is 22.7. The fraction of sp³-hybridized carbons (Fsp3) is 0.545. The number of carbonyl (C=O) groups excluding carboxylic acids is 4. The van der Waals surface area contributed by atoms with Gasteiger partial charge in [-0.1, -0.05) is 19.2 Å². The van der Waals surface area contributed by atoms with Gasteiger partial charge in [0.1, 0.15) is 12.2 Å². The summed E-state index contributed by atoms with van der Waals surface area (Å²) in [6.45, 7) is 11.9. The summed E-state index contributed by atoms with van der Waals surface area (Å²) in [6, 6.07) is 0. The fourth-order valence-electron chi connectivity index (χ4n) is 4.10. The van der Waals surface area contributed by atoms with Gasteiger partial charge in [-0.2, -0.15) is 0 Å². The van der Waals surface area contributed by atoms with Gasteiger partial charge in [0, 0.05) is 18.1 Å². The summed E-state index contributed by atoms with van der Waals surface area (Å²) in [5.41, 5.74) is -0.486. The molecule has 168 valence electrons. The average molecular weight is 434 g/mol. The Morgan fingerprint density at radius 2 is 1.90 bits per heavy atom. The van der Waals surface area contributed by atoms with Crippen molar-refractivity contribution in [3.8, 4) is 0 Å². The van der Waals surface area contributed by atoms with Crippen molar-refractivity contribution >= 4 is 23.9 Å². The van der Waals surface area contributed by atoms with E-state index in [4.69, 9.17) is 23.7 Å². The monoisotopic (exact) mass is 434 g/mol. The van der Waals surface area contributed by atoms with Crippen LogP contribution in [-0.2, 0) is 42.9 Å². The summed E-state index contributed by atoms with van der Waals surface area (Å²) >= 11 is 0. The van der Waals surface area contributed by atoms with Crippen LogP contribution >= 0.6 is 0 Å². The third kappa shape index (κ3) is 4.27. The lowest BCUT2D eigenvalue weighted by molar-refractivity contribution is -0.168. The van der Waals surface area contributed by atoms with Crippen LogP contribution in [0.25, 0.3) is 0 Å². The topological polar surface area (TPSA) is 118 Å². The van der Waals surface area contributed by atoms with Gasteiger partial charge >= 0.3 is 23.9 Å². The second kappa shape index (κ2) is 8.30. The number of allylic oxidation sites excluding steroid dienone is 1. The van der Waals surface area contributed by atoms with Crippen molar-refractivity contribution < 1.29 is 42.9 Å². The number of ether oxygens (including phenoxy) is 5. The first-order valence-corrected chi connectivity index (χ1v) is 9.90. The predicted octanol–water partition coefficient (Wildman–Crippen LogP) is 1.55. The van der Waals surface area contributed by atoms with E-state index in [0.717, 1.165) is 6.92 Å². The quantitative estimate of drug-likeness (QED) is 0.281. The molecule has 2 aliphatic heterocycles. The van der Waals surface area contributed by atoms with Crippen molar-refractivity contribution in [2.24, 2.45) is 5.92 Å². The summed E-state index contributed by atoms with van der Waals surface area (Å²) in [6.07, 6.45) is -1.45. The van der Waals surface area contributed by atoms with E-state index in [0.29, 0.717) is 12.8 Å². The molecule has 0 spiro atoms. The molecule has 0 radical (unpaired) electrons. The van der Waals surface area contributed by atoms with Crippen LogP contribution in [0.3, 0.4) is 0 Å². The normalized spacial score (nSPS) is 36.0. The van der Waals surface area contributed by atoms with Crippen molar-refractivity contribution in [2.45, 2.75) is 63.6 Å². The number of carbonyl (C=O) groups is 4. The molecule has 0 aromatic rings. The Labute approximate surface area is 180 Å². The SMILES string of the molecule is C=C(C)C(=O)O[C@H]1[C@H]2C(=C)C(=O)O[C@H]2[C@@H]2O[C@]2(C)CC/C=C(/C(=O)OC)[C@@H]1OC(C)=O. The van der Waals surface area contributed by atoms with E-state index in [1.165, 1.54) is 14.0 Å². The van der Waals surface area contributed by atoms with Gasteiger partial charge in [0.05, 0.1) is 24.2 Å². The highest BCUT2D eigenvalue weighted by atomic mass is 16.7. The van der Waals surface area contributed by atoms with E-state index in [1.54, 1.807) is 6.08 Å². The zero-order valence-corrected chi connectivity index (χ0v) is 18.0. The van der Waals surface area contributed by atoms with Crippen molar-refractivity contribution in [1.82, 2.24) is 0 Å². The van der Waals surface area contributed by atoms with Crippen LogP contribution in [-0.4, -0.2) is 61.0 Å². The molecule has 0 aromatic heterocycles. The Morgan fingerprint density at radius 3 is 2.48 bits per heavy atom. The molecule has 1 aliphatic carbocycles. The third-order valence-corrected chi connectivity index (χ3v) is 5.77. The standard InChI is InChI=1S/C22H26O9/c1-10(2)19(24)29-16-14-11(3)20(25)30-17(14)18-22(5,31-18)9-7-8-13(21(26)27-6)15(16)28-12(4)23/h8,14-18H,1,3,7,9H2,2,4-6H3/b13-8+/t14-,15+,16+,17-,18+,22-/m1/s1. The Kier molecular flexibility index (Phi) is 6.09. The zero-order chi connectivity index (χ0) is 23.1. The molecule has 2 fully saturated rings. The molecule has 0 unspecified atom stereocenters. The number of rotatable bonds is 4. The van der Waals surface area contributed by atoms with Gasteiger partial charge in [0.15, 0.2) is 12.2 Å². The Balaban J connectivity index is 2.17. The van der Waals surface area contributed by atoms with Gasteiger partial charge in [-0.05, 0) is 26.7 Å². The molecule has 31 heavy (non-hydrogen) atoms. The zero-order valence-electron chi connectivity index (χ0n) is 18.0. The molecular formula is C22H26O9. The largest absolute Gasteiger partial charge is 0.466 e. The molecular weight excluding hydrogens is 408 g/mol. The molecule has 2 heterocycles. The van der Waals surface area contributed by atoms with Gasteiger partial charge < -0.3 is 23.7 Å². The first-order valence-electron chi connectivity index (χ1n) is 9.90. The number of esters is 4. The van der Waals surface area contributed by atoms with Gasteiger partial charge in [-0.3, -0.25) is 4.79 Å². The van der Waals surface area contributed by atoms with E-state index in [2.05, 4.69) is 13.2 Å². The second-order valence-electron chi connectivity index (χ2n) is 8.14. The number of epoxide rings is 1. The molecule has 3 aliphatic rings. The minimum Gasteiger partial charge on any atom is -0.466 e. The molecule has 3 rings (SSSR count). The fourth-order valence-corrected chi connectivity index (χ4v) is 4.10. The summed E-state index contributed by atoms with van der Waals surface area (Å²) < 4.78 is 27.4. The third-order valence-electron chi connectivity index (χ3n) is 5.77. The summed E-state index contributed by atoms with van der Waals surface area (Å²) in [7, 11) is 1.19. The highest BCUT2D eigenvalue weighted by Gasteiger charge is 2.64. The molecule has 0 amide bonds. The summed E-state index contributed by atoms with van der Waals surface area (Å²) in [4.78, 5) is 49.5. The Hall–Kier alpha value is -2.94. The molecule has 0 bridgehead atoms.